The number of carbonyl (C=O) groups is 1. The van der Waals surface area contributed by atoms with Gasteiger partial charge in [0.15, 0.2) is 5.78 Å². The lowest BCUT2D eigenvalue weighted by Gasteiger charge is -2.61. The molecule has 0 aromatic rings. The van der Waals surface area contributed by atoms with Gasteiger partial charge in [-0.2, -0.15) is 0 Å². The summed E-state index contributed by atoms with van der Waals surface area (Å²) < 4.78 is 0. The van der Waals surface area contributed by atoms with E-state index in [1.807, 2.05) is 6.08 Å². The molecule has 0 aromatic carbocycles. The molecule has 0 saturated heterocycles. The number of nitrogens with one attached hydrogen (secondary N) is 1. The number of rotatable bonds is 4. The second kappa shape index (κ2) is 6.16. The molecule has 0 amide bonds. The Labute approximate surface area is 170 Å². The maximum absolute atomic E-state index is 12.1. The van der Waals surface area contributed by atoms with E-state index in [2.05, 4.69) is 33.4 Å². The van der Waals surface area contributed by atoms with Crippen LogP contribution in [-0.2, 0) is 4.79 Å². The molecule has 5 aliphatic rings. The summed E-state index contributed by atoms with van der Waals surface area (Å²) in [6, 6.07) is 0. The largest absolute Gasteiger partial charge is 0.309 e. The highest BCUT2D eigenvalue weighted by Gasteiger charge is 2.77. The maximum Gasteiger partial charge on any atom is 0.155 e. The standard InChI is InChI=1S/C26H37NO/c1-5-16-12-17-13-18(28)8-9-19(17)20-10-11-25(6-2)24(23(16)20)21-14-22(21)26(25,7-3)15(4)27/h5,13,16,19-24,27H,1,6-12,14H2,2-4H3. The van der Waals surface area contributed by atoms with Crippen molar-refractivity contribution in [2.45, 2.75) is 72.1 Å². The Morgan fingerprint density at radius 1 is 1.29 bits per heavy atom. The quantitative estimate of drug-likeness (QED) is 0.457. The Bertz CT molecular complexity index is 764. The Morgan fingerprint density at radius 2 is 2.07 bits per heavy atom. The molecule has 0 aliphatic heterocycles. The lowest BCUT2D eigenvalue weighted by molar-refractivity contribution is -0.117. The van der Waals surface area contributed by atoms with Crippen LogP contribution in [0.4, 0.5) is 0 Å². The highest BCUT2D eigenvalue weighted by molar-refractivity contribution is 5.91. The van der Waals surface area contributed by atoms with Gasteiger partial charge in [0, 0.05) is 17.5 Å². The zero-order chi connectivity index (χ0) is 19.8. The predicted molar refractivity (Wildman–Crippen MR) is 114 cm³/mol. The van der Waals surface area contributed by atoms with Crippen LogP contribution in [0.25, 0.3) is 0 Å². The minimum atomic E-state index is 0.145. The smallest absolute Gasteiger partial charge is 0.155 e. The highest BCUT2D eigenvalue weighted by atomic mass is 16.1. The molecule has 0 radical (unpaired) electrons. The van der Waals surface area contributed by atoms with E-state index >= 15 is 0 Å². The van der Waals surface area contributed by atoms with Gasteiger partial charge in [-0.05, 0) is 105 Å². The van der Waals surface area contributed by atoms with Gasteiger partial charge >= 0.3 is 0 Å². The van der Waals surface area contributed by atoms with E-state index in [0.717, 1.165) is 61.0 Å². The van der Waals surface area contributed by atoms with Crippen molar-refractivity contribution < 1.29 is 4.79 Å². The van der Waals surface area contributed by atoms with Crippen molar-refractivity contribution in [2.75, 3.05) is 0 Å². The third-order valence-electron chi connectivity index (χ3n) is 10.5. The summed E-state index contributed by atoms with van der Waals surface area (Å²) >= 11 is 0. The average Bonchev–Trinajstić information content (AvgIpc) is 3.43. The third kappa shape index (κ3) is 2.05. The lowest BCUT2D eigenvalue weighted by atomic mass is 9.43. The highest BCUT2D eigenvalue weighted by Crippen LogP contribution is 2.81. The van der Waals surface area contributed by atoms with Crippen molar-refractivity contribution in [1.29, 1.82) is 5.41 Å². The Morgan fingerprint density at radius 3 is 2.71 bits per heavy atom. The van der Waals surface area contributed by atoms with Crippen LogP contribution in [0.15, 0.2) is 24.3 Å². The van der Waals surface area contributed by atoms with Crippen LogP contribution in [0.2, 0.25) is 0 Å². The minimum Gasteiger partial charge on any atom is -0.309 e. The van der Waals surface area contributed by atoms with E-state index in [4.69, 9.17) is 5.41 Å². The minimum absolute atomic E-state index is 0.145. The Hall–Kier alpha value is -1.18. The summed E-state index contributed by atoms with van der Waals surface area (Å²) in [7, 11) is 0. The zero-order valence-corrected chi connectivity index (χ0v) is 18.0. The van der Waals surface area contributed by atoms with E-state index in [1.54, 1.807) is 0 Å². The molecular weight excluding hydrogens is 342 g/mol. The molecule has 5 aliphatic carbocycles. The molecule has 4 saturated carbocycles. The molecule has 0 aromatic heterocycles. The fraction of sp³-hybridized carbons (Fsp3) is 0.769. The fourth-order valence-electron chi connectivity index (χ4n) is 9.71. The van der Waals surface area contributed by atoms with Crippen LogP contribution in [0.5, 0.6) is 0 Å². The predicted octanol–water partition coefficient (Wildman–Crippen LogP) is 6.22. The molecule has 9 atom stereocenters. The van der Waals surface area contributed by atoms with Gasteiger partial charge < -0.3 is 5.41 Å². The molecular formula is C26H37NO. The molecule has 0 spiro atoms. The molecule has 0 heterocycles. The first-order chi connectivity index (χ1) is 13.4. The van der Waals surface area contributed by atoms with Crippen LogP contribution in [0.1, 0.15) is 72.1 Å². The van der Waals surface area contributed by atoms with Crippen molar-refractivity contribution in [3.8, 4) is 0 Å². The van der Waals surface area contributed by atoms with Gasteiger partial charge in [-0.15, -0.1) is 6.58 Å². The van der Waals surface area contributed by atoms with Gasteiger partial charge in [-0.1, -0.05) is 25.5 Å². The van der Waals surface area contributed by atoms with Gasteiger partial charge in [0.2, 0.25) is 0 Å². The summed E-state index contributed by atoms with van der Waals surface area (Å²) in [6.45, 7) is 11.2. The van der Waals surface area contributed by atoms with Gasteiger partial charge in [-0.3, -0.25) is 4.79 Å². The van der Waals surface area contributed by atoms with Gasteiger partial charge in [-0.25, -0.2) is 0 Å². The van der Waals surface area contributed by atoms with Crippen LogP contribution in [-0.4, -0.2) is 11.5 Å². The first-order valence-electron chi connectivity index (χ1n) is 11.9. The van der Waals surface area contributed by atoms with E-state index in [-0.39, 0.29) is 5.41 Å². The lowest BCUT2D eigenvalue weighted by Crippen LogP contribution is -2.56. The van der Waals surface area contributed by atoms with Crippen molar-refractivity contribution in [3.05, 3.63) is 24.3 Å². The fourth-order valence-corrected chi connectivity index (χ4v) is 9.71. The molecule has 5 rings (SSSR count). The van der Waals surface area contributed by atoms with E-state index < -0.39 is 0 Å². The summed E-state index contributed by atoms with van der Waals surface area (Å²) in [6.07, 6.45) is 13.5. The van der Waals surface area contributed by atoms with Crippen molar-refractivity contribution in [3.63, 3.8) is 0 Å². The summed E-state index contributed by atoms with van der Waals surface area (Å²) in [5.41, 5.74) is 2.89. The van der Waals surface area contributed by atoms with Crippen LogP contribution in [0.3, 0.4) is 0 Å². The SMILES string of the molecule is C=CC1CC2=CC(=O)CCC2C2CCC3(CC)C(C4CC4C3(CC)C(C)=N)C12. The molecule has 28 heavy (non-hydrogen) atoms. The number of hydrogen-bond acceptors (Lipinski definition) is 2. The van der Waals surface area contributed by atoms with Crippen LogP contribution < -0.4 is 0 Å². The van der Waals surface area contributed by atoms with Gasteiger partial charge in [0.25, 0.3) is 0 Å². The second-order valence-corrected chi connectivity index (χ2v) is 10.7. The van der Waals surface area contributed by atoms with Gasteiger partial charge in [0.05, 0.1) is 0 Å². The van der Waals surface area contributed by atoms with E-state index in [0.29, 0.717) is 23.0 Å². The number of allylic oxidation sites excluding steroid dienone is 2. The van der Waals surface area contributed by atoms with Crippen molar-refractivity contribution in [2.24, 2.45) is 52.3 Å². The summed E-state index contributed by atoms with van der Waals surface area (Å²) in [4.78, 5) is 12.1. The average molecular weight is 380 g/mol. The van der Waals surface area contributed by atoms with Crippen molar-refractivity contribution >= 4 is 11.5 Å². The zero-order valence-electron chi connectivity index (χ0n) is 18.0. The van der Waals surface area contributed by atoms with Crippen LogP contribution in [0, 0.1) is 57.7 Å². The first-order valence-corrected chi connectivity index (χ1v) is 11.9. The summed E-state index contributed by atoms with van der Waals surface area (Å²) in [5.74, 6) is 5.34. The second-order valence-electron chi connectivity index (χ2n) is 10.7. The first kappa shape index (κ1) is 18.8. The molecule has 152 valence electrons. The Kier molecular flexibility index (Phi) is 4.14. The van der Waals surface area contributed by atoms with Crippen LogP contribution >= 0.6 is 0 Å². The van der Waals surface area contributed by atoms with Gasteiger partial charge in [0.1, 0.15) is 0 Å². The molecule has 9 unspecified atom stereocenters. The number of fused-ring (bicyclic) bond motifs is 7. The molecule has 4 fully saturated rings. The number of hydrogen-bond donors (Lipinski definition) is 1. The topological polar surface area (TPSA) is 40.9 Å². The van der Waals surface area contributed by atoms with Crippen molar-refractivity contribution in [1.82, 2.24) is 0 Å². The molecule has 1 N–H and O–H groups in total. The number of carbonyl (C=O) groups excluding carboxylic acids is 1. The van der Waals surface area contributed by atoms with E-state index in [1.165, 1.54) is 31.3 Å². The van der Waals surface area contributed by atoms with E-state index in [9.17, 15) is 4.79 Å². The molecule has 2 nitrogen and oxygen atoms in total. The monoisotopic (exact) mass is 379 g/mol. The summed E-state index contributed by atoms with van der Waals surface area (Å²) in [5, 5.41) is 8.88. The maximum atomic E-state index is 12.1. The number of ketones is 1. The Balaban J connectivity index is 1.61. The molecule has 2 heteroatoms. The normalized spacial score (nSPS) is 51.3. The third-order valence-corrected chi connectivity index (χ3v) is 10.5. The molecule has 0 bridgehead atoms.